The molecule has 0 fully saturated rings. The largest absolute Gasteiger partial charge is 0.508 e. The van der Waals surface area contributed by atoms with Gasteiger partial charge in [-0.3, -0.25) is 9.79 Å². The van der Waals surface area contributed by atoms with Crippen molar-refractivity contribution in [1.29, 1.82) is 0 Å². The molecule has 2 rings (SSSR count). The number of hydrogen-bond acceptors (Lipinski definition) is 4. The second-order valence-corrected chi connectivity index (χ2v) is 5.95. The van der Waals surface area contributed by atoms with Crippen LogP contribution in [-0.2, 0) is 11.2 Å². The zero-order valence-corrected chi connectivity index (χ0v) is 12.2. The van der Waals surface area contributed by atoms with Gasteiger partial charge in [-0.05, 0) is 18.1 Å². The van der Waals surface area contributed by atoms with E-state index < -0.39 is 5.41 Å². The van der Waals surface area contributed by atoms with Crippen LogP contribution in [0.5, 0.6) is 5.75 Å². The summed E-state index contributed by atoms with van der Waals surface area (Å²) in [4.78, 5) is 16.0. The maximum Gasteiger partial charge on any atom is 0.225 e. The Hall–Kier alpha value is -2.04. The smallest absolute Gasteiger partial charge is 0.225 e. The highest BCUT2D eigenvalue weighted by Crippen LogP contribution is 2.33. The maximum atomic E-state index is 11.8. The predicted molar refractivity (Wildman–Crippen MR) is 80.9 cm³/mol. The maximum absolute atomic E-state index is 11.8. The summed E-state index contributed by atoms with van der Waals surface area (Å²) in [6.45, 7) is 6.82. The Morgan fingerprint density at radius 2 is 2.20 bits per heavy atom. The van der Waals surface area contributed by atoms with Gasteiger partial charge in [0.05, 0.1) is 17.9 Å². The van der Waals surface area contributed by atoms with Gasteiger partial charge in [0, 0.05) is 24.2 Å². The standard InChI is InChI=1S/C15H21N3O2/c1-15(2,3)14(20)18-5-4-10-8-11-12(9-13(10)19)17-7-6-16-11/h7-9,16,19H,4-6H2,1-3H3,(H,18,20). The third-order valence-corrected chi connectivity index (χ3v) is 3.17. The van der Waals surface area contributed by atoms with E-state index in [4.69, 9.17) is 0 Å². The minimum absolute atomic E-state index is 0.0117. The van der Waals surface area contributed by atoms with Gasteiger partial charge in [0.25, 0.3) is 0 Å². The van der Waals surface area contributed by atoms with E-state index in [1.165, 1.54) is 0 Å². The summed E-state index contributed by atoms with van der Waals surface area (Å²) in [5.74, 6) is 0.229. The minimum atomic E-state index is -0.395. The van der Waals surface area contributed by atoms with Crippen LogP contribution in [0.1, 0.15) is 26.3 Å². The molecule has 0 bridgehead atoms. The number of fused-ring (bicyclic) bond motifs is 1. The van der Waals surface area contributed by atoms with Crippen molar-refractivity contribution in [3.05, 3.63) is 17.7 Å². The van der Waals surface area contributed by atoms with Crippen molar-refractivity contribution in [2.45, 2.75) is 27.2 Å². The molecule has 0 radical (unpaired) electrons. The van der Waals surface area contributed by atoms with Crippen molar-refractivity contribution in [2.24, 2.45) is 10.4 Å². The van der Waals surface area contributed by atoms with Crippen LogP contribution in [0.2, 0.25) is 0 Å². The van der Waals surface area contributed by atoms with Crippen LogP contribution in [0.25, 0.3) is 0 Å². The van der Waals surface area contributed by atoms with Gasteiger partial charge in [-0.15, -0.1) is 0 Å². The topological polar surface area (TPSA) is 73.7 Å². The normalized spacial score (nSPS) is 13.6. The van der Waals surface area contributed by atoms with Crippen molar-refractivity contribution >= 4 is 23.5 Å². The summed E-state index contributed by atoms with van der Waals surface area (Å²) >= 11 is 0. The average Bonchev–Trinajstić information content (AvgIpc) is 2.38. The number of phenols is 1. The molecule has 0 atom stereocenters. The van der Waals surface area contributed by atoms with Crippen LogP contribution < -0.4 is 10.6 Å². The number of anilines is 1. The van der Waals surface area contributed by atoms with E-state index in [0.717, 1.165) is 16.9 Å². The molecule has 0 spiro atoms. The molecule has 1 amide bonds. The molecule has 1 aliphatic heterocycles. The highest BCUT2D eigenvalue weighted by Gasteiger charge is 2.20. The molecule has 108 valence electrons. The molecule has 3 N–H and O–H groups in total. The van der Waals surface area contributed by atoms with Gasteiger partial charge in [-0.25, -0.2) is 0 Å². The highest BCUT2D eigenvalue weighted by molar-refractivity contribution is 5.82. The minimum Gasteiger partial charge on any atom is -0.508 e. The molecule has 0 saturated carbocycles. The molecule has 20 heavy (non-hydrogen) atoms. The van der Waals surface area contributed by atoms with E-state index in [1.807, 2.05) is 26.8 Å². The van der Waals surface area contributed by atoms with Gasteiger partial charge in [-0.2, -0.15) is 0 Å². The van der Waals surface area contributed by atoms with Crippen molar-refractivity contribution in [3.8, 4) is 5.75 Å². The monoisotopic (exact) mass is 275 g/mol. The Labute approximate surface area is 119 Å². The lowest BCUT2D eigenvalue weighted by Crippen LogP contribution is -2.35. The van der Waals surface area contributed by atoms with Crippen LogP contribution in [0.15, 0.2) is 17.1 Å². The average molecular weight is 275 g/mol. The van der Waals surface area contributed by atoms with Crippen molar-refractivity contribution < 1.29 is 9.90 Å². The van der Waals surface area contributed by atoms with E-state index in [0.29, 0.717) is 19.5 Å². The number of nitrogens with zero attached hydrogens (tertiary/aromatic N) is 1. The molecule has 5 nitrogen and oxygen atoms in total. The first-order valence-corrected chi connectivity index (χ1v) is 6.78. The van der Waals surface area contributed by atoms with Gasteiger partial charge in [0.1, 0.15) is 5.75 Å². The molecule has 0 aromatic heterocycles. The second kappa shape index (κ2) is 5.53. The lowest BCUT2D eigenvalue weighted by Gasteiger charge is -2.18. The number of phenolic OH excluding ortho intramolecular Hbond substituents is 1. The Morgan fingerprint density at radius 1 is 1.45 bits per heavy atom. The van der Waals surface area contributed by atoms with Gasteiger partial charge < -0.3 is 15.7 Å². The van der Waals surface area contributed by atoms with Crippen LogP contribution in [0.4, 0.5) is 11.4 Å². The summed E-state index contributed by atoms with van der Waals surface area (Å²) in [7, 11) is 0. The fraction of sp³-hybridized carbons (Fsp3) is 0.467. The zero-order valence-electron chi connectivity index (χ0n) is 12.2. The van der Waals surface area contributed by atoms with Crippen LogP contribution in [0.3, 0.4) is 0 Å². The van der Waals surface area contributed by atoms with Crippen LogP contribution in [0, 0.1) is 5.41 Å². The zero-order chi connectivity index (χ0) is 14.8. The number of hydrogen-bond donors (Lipinski definition) is 3. The van der Waals surface area contributed by atoms with Gasteiger partial charge >= 0.3 is 0 Å². The molecule has 1 aromatic carbocycles. The number of aliphatic imine (C=N–C) groups is 1. The third-order valence-electron chi connectivity index (χ3n) is 3.17. The van der Waals surface area contributed by atoms with E-state index in [-0.39, 0.29) is 11.7 Å². The molecule has 0 saturated heterocycles. The predicted octanol–water partition coefficient (Wildman–Crippen LogP) is 2.22. The lowest BCUT2D eigenvalue weighted by molar-refractivity contribution is -0.128. The molecule has 0 unspecified atom stereocenters. The number of aromatic hydroxyl groups is 1. The molecular formula is C15H21N3O2. The number of carbonyl (C=O) groups is 1. The van der Waals surface area contributed by atoms with Gasteiger partial charge in [0.15, 0.2) is 0 Å². The SMILES string of the molecule is CC(C)(C)C(=O)NCCc1cc2c(cc1O)N=CCN2. The number of amides is 1. The number of rotatable bonds is 3. The summed E-state index contributed by atoms with van der Waals surface area (Å²) in [5, 5.41) is 16.1. The van der Waals surface area contributed by atoms with Crippen molar-refractivity contribution in [2.75, 3.05) is 18.4 Å². The Morgan fingerprint density at radius 3 is 2.90 bits per heavy atom. The first kappa shape index (κ1) is 14.4. The highest BCUT2D eigenvalue weighted by atomic mass is 16.3. The first-order chi connectivity index (χ1) is 9.38. The van der Waals surface area contributed by atoms with Gasteiger partial charge in [-0.1, -0.05) is 20.8 Å². The molecule has 0 aliphatic carbocycles. The molecule has 1 heterocycles. The molecule has 5 heteroatoms. The Kier molecular flexibility index (Phi) is 3.97. The van der Waals surface area contributed by atoms with Crippen LogP contribution in [-0.4, -0.2) is 30.3 Å². The molecule has 1 aromatic rings. The van der Waals surface area contributed by atoms with E-state index >= 15 is 0 Å². The summed E-state index contributed by atoms with van der Waals surface area (Å²) < 4.78 is 0. The van der Waals surface area contributed by atoms with Crippen molar-refractivity contribution in [1.82, 2.24) is 5.32 Å². The fourth-order valence-corrected chi connectivity index (χ4v) is 1.95. The quantitative estimate of drug-likeness (QED) is 0.741. The summed E-state index contributed by atoms with van der Waals surface area (Å²) in [5.41, 5.74) is 2.08. The Bertz CT molecular complexity index is 545. The number of benzene rings is 1. The van der Waals surface area contributed by atoms with Gasteiger partial charge in [0.2, 0.25) is 5.91 Å². The fourth-order valence-electron chi connectivity index (χ4n) is 1.95. The van der Waals surface area contributed by atoms with E-state index in [2.05, 4.69) is 15.6 Å². The Balaban J connectivity index is 2.00. The first-order valence-electron chi connectivity index (χ1n) is 6.78. The summed E-state index contributed by atoms with van der Waals surface area (Å²) in [6.07, 6.45) is 2.36. The van der Waals surface area contributed by atoms with E-state index in [9.17, 15) is 9.90 Å². The summed E-state index contributed by atoms with van der Waals surface area (Å²) in [6, 6.07) is 3.54. The molecular weight excluding hydrogens is 254 g/mol. The number of carbonyl (C=O) groups excluding carboxylic acids is 1. The molecule has 1 aliphatic rings. The lowest BCUT2D eigenvalue weighted by atomic mass is 9.95. The second-order valence-electron chi connectivity index (χ2n) is 5.95. The number of nitrogens with one attached hydrogen (secondary N) is 2. The van der Waals surface area contributed by atoms with E-state index in [1.54, 1.807) is 12.3 Å². The third kappa shape index (κ3) is 3.29. The van der Waals surface area contributed by atoms with Crippen LogP contribution >= 0.6 is 0 Å². The van der Waals surface area contributed by atoms with Crippen molar-refractivity contribution in [3.63, 3.8) is 0 Å².